The van der Waals surface area contributed by atoms with Crippen LogP contribution >= 0.6 is 23.2 Å². The normalized spacial score (nSPS) is 14.2. The van der Waals surface area contributed by atoms with Gasteiger partial charge in [-0.3, -0.25) is 4.79 Å². The number of hydrogen-bond acceptors (Lipinski definition) is 2. The van der Waals surface area contributed by atoms with Crippen molar-refractivity contribution in [2.45, 2.75) is 18.2 Å². The molecule has 0 radical (unpaired) electrons. The number of carbonyl (C=O) groups excluding carboxylic acids is 1. The third-order valence-electron chi connectivity index (χ3n) is 2.29. The van der Waals surface area contributed by atoms with Crippen LogP contribution in [0.5, 0.6) is 0 Å². The monoisotopic (exact) mass is 260 g/mol. The first-order chi connectivity index (χ1) is 7.41. The third-order valence-corrected chi connectivity index (χ3v) is 3.15. The van der Waals surface area contributed by atoms with E-state index in [1.165, 1.54) is 24.3 Å². The van der Waals surface area contributed by atoms with Crippen molar-refractivity contribution in [1.29, 1.82) is 0 Å². The highest BCUT2D eigenvalue weighted by atomic mass is 35.5. The highest BCUT2D eigenvalue weighted by Crippen LogP contribution is 2.26. The number of alkyl halides is 1. The number of carboxylic acids is 1. The van der Waals surface area contributed by atoms with Crippen LogP contribution in [-0.2, 0) is 4.79 Å². The minimum Gasteiger partial charge on any atom is -0.480 e. The summed E-state index contributed by atoms with van der Waals surface area (Å²) in [6.45, 7) is 1.55. The standard InChI is InChI=1S/C11H10Cl2O3/c1-2-11(13,10(15)16)9(14)7-3-5-8(12)6-4-7/h3-6H,2H2,1H3,(H,15,16). The van der Waals surface area contributed by atoms with Crippen LogP contribution in [0.25, 0.3) is 0 Å². The van der Waals surface area contributed by atoms with Gasteiger partial charge >= 0.3 is 5.97 Å². The van der Waals surface area contributed by atoms with Crippen LogP contribution in [-0.4, -0.2) is 21.7 Å². The van der Waals surface area contributed by atoms with E-state index >= 15 is 0 Å². The van der Waals surface area contributed by atoms with Gasteiger partial charge in [-0.1, -0.05) is 30.1 Å². The Morgan fingerprint density at radius 3 is 2.19 bits per heavy atom. The van der Waals surface area contributed by atoms with Crippen molar-refractivity contribution < 1.29 is 14.7 Å². The van der Waals surface area contributed by atoms with Crippen LogP contribution in [0.3, 0.4) is 0 Å². The zero-order valence-electron chi connectivity index (χ0n) is 8.54. The lowest BCUT2D eigenvalue weighted by Gasteiger charge is -2.18. The highest BCUT2D eigenvalue weighted by Gasteiger charge is 2.42. The zero-order chi connectivity index (χ0) is 12.3. The Hall–Kier alpha value is -1.06. The zero-order valence-corrected chi connectivity index (χ0v) is 10.0. The Kier molecular flexibility index (Phi) is 3.94. The number of halogens is 2. The molecule has 0 heterocycles. The van der Waals surface area contributed by atoms with Crippen molar-refractivity contribution in [2.24, 2.45) is 0 Å². The maximum atomic E-state index is 11.9. The average molecular weight is 261 g/mol. The van der Waals surface area contributed by atoms with Crippen LogP contribution in [0.15, 0.2) is 24.3 Å². The van der Waals surface area contributed by atoms with Crippen LogP contribution in [0.1, 0.15) is 23.7 Å². The molecule has 5 heteroatoms. The van der Waals surface area contributed by atoms with E-state index in [1.807, 2.05) is 0 Å². The van der Waals surface area contributed by atoms with Crippen LogP contribution in [0.2, 0.25) is 5.02 Å². The molecular formula is C11H10Cl2O3. The second-order valence-electron chi connectivity index (χ2n) is 3.30. The number of Topliss-reactive ketones (excluding diaryl/α,β-unsaturated/α-hetero) is 1. The smallest absolute Gasteiger partial charge is 0.332 e. The fourth-order valence-corrected chi connectivity index (χ4v) is 1.47. The summed E-state index contributed by atoms with van der Waals surface area (Å²) in [5.74, 6) is -1.96. The number of rotatable bonds is 4. The lowest BCUT2D eigenvalue weighted by molar-refractivity contribution is -0.138. The van der Waals surface area contributed by atoms with Gasteiger partial charge in [-0.15, -0.1) is 0 Å². The largest absolute Gasteiger partial charge is 0.480 e. The predicted octanol–water partition coefficient (Wildman–Crippen LogP) is 2.99. The molecule has 1 aromatic carbocycles. The van der Waals surface area contributed by atoms with Gasteiger partial charge in [0.25, 0.3) is 0 Å². The lowest BCUT2D eigenvalue weighted by atomic mass is 9.94. The van der Waals surface area contributed by atoms with Crippen molar-refractivity contribution in [3.63, 3.8) is 0 Å². The summed E-state index contributed by atoms with van der Waals surface area (Å²) in [5.41, 5.74) is 0.239. The van der Waals surface area contributed by atoms with Gasteiger partial charge in [0.1, 0.15) is 0 Å². The fraction of sp³-hybridized carbons (Fsp3) is 0.273. The molecule has 16 heavy (non-hydrogen) atoms. The van der Waals surface area contributed by atoms with E-state index in [2.05, 4.69) is 0 Å². The van der Waals surface area contributed by atoms with E-state index in [0.717, 1.165) is 0 Å². The van der Waals surface area contributed by atoms with Crippen molar-refractivity contribution in [3.05, 3.63) is 34.9 Å². The van der Waals surface area contributed by atoms with Crippen molar-refractivity contribution in [2.75, 3.05) is 0 Å². The Balaban J connectivity index is 3.10. The van der Waals surface area contributed by atoms with Gasteiger partial charge < -0.3 is 5.11 Å². The summed E-state index contributed by atoms with van der Waals surface area (Å²) in [6, 6.07) is 5.95. The van der Waals surface area contributed by atoms with E-state index in [9.17, 15) is 9.59 Å². The number of ketones is 1. The van der Waals surface area contributed by atoms with Gasteiger partial charge in [0.2, 0.25) is 4.87 Å². The molecule has 1 aromatic rings. The molecule has 86 valence electrons. The van der Waals surface area contributed by atoms with Crippen molar-refractivity contribution in [3.8, 4) is 0 Å². The van der Waals surface area contributed by atoms with Gasteiger partial charge in [0.05, 0.1) is 0 Å². The molecule has 0 bridgehead atoms. The fourth-order valence-electron chi connectivity index (χ4n) is 1.24. The van der Waals surface area contributed by atoms with E-state index < -0.39 is 16.6 Å². The van der Waals surface area contributed by atoms with Crippen molar-refractivity contribution in [1.82, 2.24) is 0 Å². The number of carboxylic acid groups (broad SMARTS) is 1. The number of benzene rings is 1. The maximum absolute atomic E-state index is 11.9. The molecule has 0 amide bonds. The Labute approximate surface area is 103 Å². The minimum absolute atomic E-state index is 0.0192. The van der Waals surface area contributed by atoms with Gasteiger partial charge in [0, 0.05) is 10.6 Å². The summed E-state index contributed by atoms with van der Waals surface area (Å²) in [4.78, 5) is 21.0. The van der Waals surface area contributed by atoms with E-state index in [0.29, 0.717) is 5.02 Å². The second-order valence-corrected chi connectivity index (χ2v) is 4.38. The molecule has 0 aliphatic rings. The van der Waals surface area contributed by atoms with Gasteiger partial charge in [-0.25, -0.2) is 4.79 Å². The lowest BCUT2D eigenvalue weighted by Crippen LogP contribution is -2.40. The summed E-state index contributed by atoms with van der Waals surface area (Å²) in [5, 5.41) is 9.42. The number of aliphatic carboxylic acids is 1. The SMILES string of the molecule is CCC(Cl)(C(=O)O)C(=O)c1ccc(Cl)cc1. The predicted molar refractivity (Wildman–Crippen MR) is 62.3 cm³/mol. The topological polar surface area (TPSA) is 54.4 Å². The van der Waals surface area contributed by atoms with Crippen LogP contribution < -0.4 is 0 Å². The highest BCUT2D eigenvalue weighted by molar-refractivity contribution is 6.47. The van der Waals surface area contributed by atoms with Crippen molar-refractivity contribution >= 4 is 35.0 Å². The molecular weight excluding hydrogens is 251 g/mol. The molecule has 0 aliphatic carbocycles. The summed E-state index contributed by atoms with van der Waals surface area (Å²) in [7, 11) is 0. The third kappa shape index (κ3) is 2.36. The Bertz CT molecular complexity index is 414. The molecule has 1 N–H and O–H groups in total. The number of carbonyl (C=O) groups is 2. The molecule has 1 rings (SSSR count). The summed E-state index contributed by atoms with van der Waals surface area (Å²) >= 11 is 11.5. The first-order valence-electron chi connectivity index (χ1n) is 4.64. The second kappa shape index (κ2) is 4.85. The summed E-state index contributed by atoms with van der Waals surface area (Å²) in [6.07, 6.45) is 0.0192. The van der Waals surface area contributed by atoms with E-state index in [-0.39, 0.29) is 12.0 Å². The number of hydrogen-bond donors (Lipinski definition) is 1. The van der Waals surface area contributed by atoms with Gasteiger partial charge in [0.15, 0.2) is 5.78 Å². The van der Waals surface area contributed by atoms with Gasteiger partial charge in [-0.2, -0.15) is 0 Å². The molecule has 0 fully saturated rings. The first kappa shape index (κ1) is 13.0. The molecule has 1 atom stereocenters. The van der Waals surface area contributed by atoms with Gasteiger partial charge in [-0.05, 0) is 30.7 Å². The van der Waals surface area contributed by atoms with Crippen LogP contribution in [0, 0.1) is 0 Å². The maximum Gasteiger partial charge on any atom is 0.332 e. The Morgan fingerprint density at radius 2 is 1.81 bits per heavy atom. The molecule has 0 aliphatic heterocycles. The molecule has 1 unspecified atom stereocenters. The minimum atomic E-state index is -1.90. The molecule has 0 saturated heterocycles. The molecule has 0 spiro atoms. The molecule has 0 aromatic heterocycles. The summed E-state index contributed by atoms with van der Waals surface area (Å²) < 4.78 is 0. The van der Waals surface area contributed by atoms with E-state index in [4.69, 9.17) is 28.3 Å². The first-order valence-corrected chi connectivity index (χ1v) is 5.40. The van der Waals surface area contributed by atoms with E-state index in [1.54, 1.807) is 6.92 Å². The molecule has 3 nitrogen and oxygen atoms in total. The quantitative estimate of drug-likeness (QED) is 0.515. The Morgan fingerprint density at radius 1 is 1.31 bits per heavy atom. The molecule has 0 saturated carbocycles. The van der Waals surface area contributed by atoms with Crippen LogP contribution in [0.4, 0.5) is 0 Å². The average Bonchev–Trinajstić information content (AvgIpc) is 2.27.